The van der Waals surface area contributed by atoms with Crippen LogP contribution in [0.5, 0.6) is 0 Å². The Bertz CT molecular complexity index is 404. The third kappa shape index (κ3) is 4.18. The minimum atomic E-state index is -1.35. The fourth-order valence-corrected chi connectivity index (χ4v) is 1.94. The van der Waals surface area contributed by atoms with Crippen LogP contribution in [-0.2, 0) is 0 Å². The monoisotopic (exact) mass is 275 g/mol. The Morgan fingerprint density at radius 1 is 1.33 bits per heavy atom. The summed E-state index contributed by atoms with van der Waals surface area (Å²) in [4.78, 5) is 10.6. The van der Waals surface area contributed by atoms with Crippen LogP contribution in [-0.4, -0.2) is 29.6 Å². The Balaban J connectivity index is 2.63. The van der Waals surface area contributed by atoms with Crippen molar-refractivity contribution in [2.45, 2.75) is 12.8 Å². The van der Waals surface area contributed by atoms with Crippen molar-refractivity contribution < 1.29 is 18.7 Å². The summed E-state index contributed by atoms with van der Waals surface area (Å²) in [5.74, 6) is -2.10. The zero-order valence-corrected chi connectivity index (χ0v) is 10.8. The quantitative estimate of drug-likeness (QED) is 0.750. The van der Waals surface area contributed by atoms with Gasteiger partial charge in [-0.1, -0.05) is 0 Å². The van der Waals surface area contributed by atoms with E-state index in [-0.39, 0.29) is 5.69 Å². The van der Waals surface area contributed by atoms with Gasteiger partial charge in [-0.15, -0.1) is 0 Å². The summed E-state index contributed by atoms with van der Waals surface area (Å²) in [5.41, 5.74) is -0.651. The Kier molecular flexibility index (Phi) is 5.91. The maximum Gasteiger partial charge on any atom is 0.335 e. The number of unbranched alkanes of at least 4 members (excludes halogenated alkanes) is 1. The number of carboxylic acid groups (broad SMARTS) is 1. The van der Waals surface area contributed by atoms with Crippen molar-refractivity contribution in [2.75, 3.05) is 23.9 Å². The molecule has 1 aromatic rings. The molecule has 0 bridgehead atoms. The fourth-order valence-electron chi connectivity index (χ4n) is 1.45. The van der Waals surface area contributed by atoms with Crippen LogP contribution in [0.3, 0.4) is 0 Å². The highest BCUT2D eigenvalue weighted by molar-refractivity contribution is 7.98. The van der Waals surface area contributed by atoms with E-state index in [1.54, 1.807) is 11.8 Å². The molecule has 0 fully saturated rings. The molecule has 0 aliphatic rings. The number of rotatable bonds is 7. The summed E-state index contributed by atoms with van der Waals surface area (Å²) in [7, 11) is 0. The van der Waals surface area contributed by atoms with Gasteiger partial charge in [-0.3, -0.25) is 0 Å². The molecule has 0 radical (unpaired) electrons. The minimum Gasteiger partial charge on any atom is -0.478 e. The van der Waals surface area contributed by atoms with Crippen molar-refractivity contribution in [1.82, 2.24) is 0 Å². The highest BCUT2D eigenvalue weighted by atomic mass is 32.2. The number of nitrogens with one attached hydrogen (secondary N) is 1. The largest absolute Gasteiger partial charge is 0.478 e. The lowest BCUT2D eigenvalue weighted by Crippen LogP contribution is -2.08. The lowest BCUT2D eigenvalue weighted by molar-refractivity contribution is 0.0696. The van der Waals surface area contributed by atoms with Crippen molar-refractivity contribution in [2.24, 2.45) is 0 Å². The highest BCUT2D eigenvalue weighted by Crippen LogP contribution is 2.21. The average molecular weight is 275 g/mol. The molecule has 0 amide bonds. The Morgan fingerprint density at radius 3 is 2.44 bits per heavy atom. The maximum absolute atomic E-state index is 13.5. The molecule has 0 aliphatic carbocycles. The first-order valence-corrected chi connectivity index (χ1v) is 6.90. The first-order valence-electron chi connectivity index (χ1n) is 5.51. The SMILES string of the molecule is CSCCCCNc1c(F)cc(C(=O)O)cc1F. The van der Waals surface area contributed by atoms with E-state index in [1.807, 2.05) is 6.26 Å². The molecule has 0 heterocycles. The zero-order chi connectivity index (χ0) is 13.5. The number of anilines is 1. The van der Waals surface area contributed by atoms with E-state index < -0.39 is 23.2 Å². The van der Waals surface area contributed by atoms with Crippen molar-refractivity contribution in [3.8, 4) is 0 Å². The molecule has 0 unspecified atom stereocenters. The zero-order valence-electron chi connectivity index (χ0n) is 10.0. The first-order chi connectivity index (χ1) is 8.56. The molecule has 0 aliphatic heterocycles. The van der Waals surface area contributed by atoms with Gasteiger partial charge in [-0.25, -0.2) is 13.6 Å². The van der Waals surface area contributed by atoms with Gasteiger partial charge < -0.3 is 10.4 Å². The number of hydrogen-bond donors (Lipinski definition) is 2. The Morgan fingerprint density at radius 2 is 1.94 bits per heavy atom. The Hall–Kier alpha value is -1.30. The first kappa shape index (κ1) is 14.8. The third-order valence-corrected chi connectivity index (χ3v) is 3.06. The van der Waals surface area contributed by atoms with Crippen LogP contribution in [0.15, 0.2) is 12.1 Å². The molecular weight excluding hydrogens is 260 g/mol. The molecule has 18 heavy (non-hydrogen) atoms. The van der Waals surface area contributed by atoms with Gasteiger partial charge in [0.1, 0.15) is 17.3 Å². The molecule has 2 N–H and O–H groups in total. The summed E-state index contributed by atoms with van der Waals surface area (Å²) in [5, 5.41) is 11.3. The normalized spacial score (nSPS) is 10.4. The van der Waals surface area contributed by atoms with Crippen LogP contribution in [0.1, 0.15) is 23.2 Å². The molecular formula is C12H15F2NO2S. The maximum atomic E-state index is 13.5. The summed E-state index contributed by atoms with van der Waals surface area (Å²) >= 11 is 1.72. The van der Waals surface area contributed by atoms with E-state index in [0.717, 1.165) is 30.7 Å². The van der Waals surface area contributed by atoms with Gasteiger partial charge in [0.05, 0.1) is 5.56 Å². The third-order valence-electron chi connectivity index (χ3n) is 2.37. The van der Waals surface area contributed by atoms with Gasteiger partial charge in [0.15, 0.2) is 0 Å². The van der Waals surface area contributed by atoms with Crippen LogP contribution >= 0.6 is 11.8 Å². The van der Waals surface area contributed by atoms with Gasteiger partial charge >= 0.3 is 5.97 Å². The van der Waals surface area contributed by atoms with Gasteiger partial charge in [0.2, 0.25) is 0 Å². The van der Waals surface area contributed by atoms with Gasteiger partial charge in [0.25, 0.3) is 0 Å². The van der Waals surface area contributed by atoms with E-state index in [2.05, 4.69) is 5.32 Å². The van der Waals surface area contributed by atoms with Crippen LogP contribution in [0.4, 0.5) is 14.5 Å². The average Bonchev–Trinajstić information content (AvgIpc) is 2.31. The van der Waals surface area contributed by atoms with E-state index in [9.17, 15) is 13.6 Å². The molecule has 0 atom stereocenters. The summed E-state index contributed by atoms with van der Waals surface area (Å²) in [6.45, 7) is 0.459. The van der Waals surface area contributed by atoms with Crippen molar-refractivity contribution in [3.05, 3.63) is 29.3 Å². The van der Waals surface area contributed by atoms with Gasteiger partial charge in [-0.2, -0.15) is 11.8 Å². The second kappa shape index (κ2) is 7.20. The molecule has 0 spiro atoms. The van der Waals surface area contributed by atoms with Gasteiger partial charge in [0, 0.05) is 6.54 Å². The molecule has 0 saturated heterocycles. The molecule has 1 aromatic carbocycles. The van der Waals surface area contributed by atoms with E-state index in [0.29, 0.717) is 6.54 Å². The number of carbonyl (C=O) groups is 1. The summed E-state index contributed by atoms with van der Waals surface area (Å²) in [6, 6.07) is 1.63. The molecule has 1 rings (SSSR count). The molecule has 0 aromatic heterocycles. The minimum absolute atomic E-state index is 0.260. The number of aromatic carboxylic acids is 1. The van der Waals surface area contributed by atoms with Crippen LogP contribution < -0.4 is 5.32 Å². The number of hydrogen-bond acceptors (Lipinski definition) is 3. The van der Waals surface area contributed by atoms with Crippen molar-refractivity contribution in [1.29, 1.82) is 0 Å². The van der Waals surface area contributed by atoms with Crippen LogP contribution in [0.25, 0.3) is 0 Å². The van der Waals surface area contributed by atoms with Crippen molar-refractivity contribution in [3.63, 3.8) is 0 Å². The summed E-state index contributed by atoms with van der Waals surface area (Å²) in [6.07, 6.45) is 3.77. The number of halogens is 2. The van der Waals surface area contributed by atoms with Crippen LogP contribution in [0, 0.1) is 11.6 Å². The van der Waals surface area contributed by atoms with E-state index in [1.165, 1.54) is 0 Å². The smallest absolute Gasteiger partial charge is 0.335 e. The lowest BCUT2D eigenvalue weighted by atomic mass is 10.2. The number of thioether (sulfide) groups is 1. The topological polar surface area (TPSA) is 49.3 Å². The van der Waals surface area contributed by atoms with Crippen molar-refractivity contribution >= 4 is 23.4 Å². The van der Waals surface area contributed by atoms with Gasteiger partial charge in [-0.05, 0) is 37.0 Å². The Labute approximate surface area is 109 Å². The lowest BCUT2D eigenvalue weighted by Gasteiger charge is -2.09. The van der Waals surface area contributed by atoms with E-state index in [4.69, 9.17) is 5.11 Å². The fraction of sp³-hybridized carbons (Fsp3) is 0.417. The molecule has 100 valence electrons. The van der Waals surface area contributed by atoms with Crippen LogP contribution in [0.2, 0.25) is 0 Å². The predicted octanol–water partition coefficient (Wildman–Crippen LogP) is 3.22. The number of benzene rings is 1. The van der Waals surface area contributed by atoms with E-state index >= 15 is 0 Å². The second-order valence-electron chi connectivity index (χ2n) is 3.75. The standard InChI is InChI=1S/C12H15F2NO2S/c1-18-5-3-2-4-15-11-9(13)6-8(12(16)17)7-10(11)14/h6-7,15H,2-5H2,1H3,(H,16,17). The molecule has 0 saturated carbocycles. The highest BCUT2D eigenvalue weighted by Gasteiger charge is 2.13. The molecule has 3 nitrogen and oxygen atoms in total. The predicted molar refractivity (Wildman–Crippen MR) is 69.4 cm³/mol. The molecule has 6 heteroatoms. The summed E-state index contributed by atoms with van der Waals surface area (Å²) < 4.78 is 27.0. The second-order valence-corrected chi connectivity index (χ2v) is 4.73. The number of carboxylic acids is 1.